The molecule has 4 heterocycles. The maximum atomic E-state index is 12.2. The van der Waals surface area contributed by atoms with Gasteiger partial charge in [-0.15, -0.1) is 0 Å². The number of nitrogens with zero attached hydrogens (tertiary/aromatic N) is 6. The van der Waals surface area contributed by atoms with Crippen molar-refractivity contribution in [1.82, 2.24) is 20.0 Å². The first-order valence-electron chi connectivity index (χ1n) is 15.6. The minimum absolute atomic E-state index is 0.00240. The zero-order valence-corrected chi connectivity index (χ0v) is 28.1. The van der Waals surface area contributed by atoms with Gasteiger partial charge in [0.05, 0.1) is 5.92 Å². The second kappa shape index (κ2) is 14.0. The number of carbonyl (C=O) groups is 2. The SMILES string of the molecule is Cc1cccc(C#Cc2ccc(N3C(=O)C(C)CN3C)nc2)c1.Cc1cccc(C#Cc2ccc(N3C(=O)CC(C)(C)N3C)nc2)c1. The molecule has 2 amide bonds. The normalized spacial score (nSPS) is 17.4. The van der Waals surface area contributed by atoms with Crippen molar-refractivity contribution >= 4 is 23.5 Å². The Bertz CT molecular complexity index is 1890. The highest BCUT2D eigenvalue weighted by atomic mass is 16.2. The Labute approximate surface area is 278 Å². The van der Waals surface area contributed by atoms with Crippen molar-refractivity contribution in [2.45, 2.75) is 46.6 Å². The van der Waals surface area contributed by atoms with Crippen LogP contribution in [0.3, 0.4) is 0 Å². The second-order valence-electron chi connectivity index (χ2n) is 12.7. The average molecular weight is 625 g/mol. The summed E-state index contributed by atoms with van der Waals surface area (Å²) in [6.07, 6.45) is 3.91. The van der Waals surface area contributed by atoms with Gasteiger partial charge in [0, 0.05) is 67.2 Å². The summed E-state index contributed by atoms with van der Waals surface area (Å²) in [5.41, 5.74) is 5.81. The molecule has 0 aliphatic carbocycles. The van der Waals surface area contributed by atoms with E-state index in [0.29, 0.717) is 18.1 Å². The molecular formula is C39H40N6O2. The van der Waals surface area contributed by atoms with Gasteiger partial charge in [-0.2, -0.15) is 0 Å². The predicted molar refractivity (Wildman–Crippen MR) is 186 cm³/mol. The van der Waals surface area contributed by atoms with Crippen LogP contribution in [0.25, 0.3) is 0 Å². The fourth-order valence-electron chi connectivity index (χ4n) is 5.40. The molecule has 2 aromatic carbocycles. The van der Waals surface area contributed by atoms with Gasteiger partial charge in [0.1, 0.15) is 11.6 Å². The zero-order chi connectivity index (χ0) is 33.7. The third-order valence-corrected chi connectivity index (χ3v) is 8.17. The molecule has 2 aliphatic rings. The molecule has 2 saturated heterocycles. The van der Waals surface area contributed by atoms with Crippen LogP contribution in [0.2, 0.25) is 0 Å². The van der Waals surface area contributed by atoms with Crippen molar-refractivity contribution in [2.75, 3.05) is 30.7 Å². The number of aromatic nitrogens is 2. The molecule has 0 spiro atoms. The Morgan fingerprint density at radius 3 is 1.57 bits per heavy atom. The number of hydrogen-bond donors (Lipinski definition) is 0. The maximum Gasteiger partial charge on any atom is 0.247 e. The molecule has 0 radical (unpaired) electrons. The van der Waals surface area contributed by atoms with E-state index in [1.165, 1.54) is 11.1 Å². The van der Waals surface area contributed by atoms with Gasteiger partial charge >= 0.3 is 0 Å². The van der Waals surface area contributed by atoms with Crippen LogP contribution in [0.5, 0.6) is 0 Å². The van der Waals surface area contributed by atoms with Crippen LogP contribution in [0.1, 0.15) is 60.6 Å². The molecule has 8 heteroatoms. The highest BCUT2D eigenvalue weighted by molar-refractivity contribution is 5.95. The quantitative estimate of drug-likeness (QED) is 0.264. The van der Waals surface area contributed by atoms with Crippen molar-refractivity contribution in [3.63, 3.8) is 0 Å². The van der Waals surface area contributed by atoms with Gasteiger partial charge in [-0.1, -0.05) is 54.9 Å². The van der Waals surface area contributed by atoms with E-state index in [1.54, 1.807) is 22.4 Å². The van der Waals surface area contributed by atoms with Crippen LogP contribution >= 0.6 is 0 Å². The van der Waals surface area contributed by atoms with Gasteiger partial charge in [-0.3, -0.25) is 9.59 Å². The Hall–Kier alpha value is -5.28. The lowest BCUT2D eigenvalue weighted by molar-refractivity contribution is -0.120. The number of amides is 2. The first kappa shape index (κ1) is 33.1. The summed E-state index contributed by atoms with van der Waals surface area (Å²) in [4.78, 5) is 33.2. The van der Waals surface area contributed by atoms with E-state index in [-0.39, 0.29) is 23.3 Å². The summed E-state index contributed by atoms with van der Waals surface area (Å²) in [7, 11) is 3.81. The zero-order valence-electron chi connectivity index (χ0n) is 28.1. The summed E-state index contributed by atoms with van der Waals surface area (Å²) in [5, 5.41) is 7.10. The molecule has 2 aliphatic heterocycles. The van der Waals surface area contributed by atoms with Crippen LogP contribution in [0.4, 0.5) is 11.6 Å². The molecule has 2 fully saturated rings. The summed E-state index contributed by atoms with van der Waals surface area (Å²) in [6.45, 7) is 10.8. The molecule has 0 bridgehead atoms. The summed E-state index contributed by atoms with van der Waals surface area (Å²) < 4.78 is 0. The topological polar surface area (TPSA) is 72.9 Å². The number of hydrogen-bond acceptors (Lipinski definition) is 6. The highest BCUT2D eigenvalue weighted by Gasteiger charge is 2.42. The van der Waals surface area contributed by atoms with Gasteiger partial charge in [0.15, 0.2) is 0 Å². The van der Waals surface area contributed by atoms with Crippen molar-refractivity contribution in [2.24, 2.45) is 5.92 Å². The summed E-state index contributed by atoms with van der Waals surface area (Å²) in [5.74, 6) is 13.9. The fraction of sp³-hybridized carbons (Fsp3) is 0.282. The van der Waals surface area contributed by atoms with Crippen LogP contribution in [-0.4, -0.2) is 58.0 Å². The van der Waals surface area contributed by atoms with E-state index < -0.39 is 0 Å². The first-order chi connectivity index (χ1) is 22.4. The van der Waals surface area contributed by atoms with Gasteiger partial charge in [0.25, 0.3) is 0 Å². The molecule has 2 aromatic heterocycles. The van der Waals surface area contributed by atoms with Crippen molar-refractivity contribution in [1.29, 1.82) is 0 Å². The second-order valence-corrected chi connectivity index (χ2v) is 12.7. The summed E-state index contributed by atoms with van der Waals surface area (Å²) in [6, 6.07) is 23.6. The van der Waals surface area contributed by atoms with E-state index in [0.717, 1.165) is 28.8 Å². The fourth-order valence-corrected chi connectivity index (χ4v) is 5.40. The number of pyridine rings is 2. The molecule has 0 saturated carbocycles. The lowest BCUT2D eigenvalue weighted by Gasteiger charge is -2.31. The standard InChI is InChI=1S/C20H21N3O.C19H19N3O/c1-15-6-5-7-16(12-15)8-9-17-10-11-18(21-14-17)23-19(24)13-20(2,3)22(23)4;1-14-5-4-6-16(11-14)7-8-17-9-10-18(20-12-17)22-19(23)15(2)13-21(22)3/h5-7,10-12,14H,13H2,1-4H3;4-6,9-12,15H,13H2,1-3H3. The predicted octanol–water partition coefficient (Wildman–Crippen LogP) is 5.77. The Balaban J connectivity index is 0.000000185. The maximum absolute atomic E-state index is 12.2. The molecule has 6 rings (SSSR count). The van der Waals surface area contributed by atoms with Crippen LogP contribution in [-0.2, 0) is 9.59 Å². The van der Waals surface area contributed by atoms with Gasteiger partial charge in [-0.25, -0.2) is 30.0 Å². The monoisotopic (exact) mass is 624 g/mol. The van der Waals surface area contributed by atoms with Crippen molar-refractivity contribution in [3.05, 3.63) is 119 Å². The minimum Gasteiger partial charge on any atom is -0.273 e. The van der Waals surface area contributed by atoms with E-state index in [9.17, 15) is 9.59 Å². The molecule has 47 heavy (non-hydrogen) atoms. The number of anilines is 2. The molecule has 1 unspecified atom stereocenters. The number of aryl methyl sites for hydroxylation is 2. The Morgan fingerprint density at radius 2 is 1.19 bits per heavy atom. The highest BCUT2D eigenvalue weighted by Crippen LogP contribution is 2.31. The average Bonchev–Trinajstić information content (AvgIpc) is 3.42. The third-order valence-electron chi connectivity index (χ3n) is 8.17. The van der Waals surface area contributed by atoms with E-state index in [4.69, 9.17) is 0 Å². The largest absolute Gasteiger partial charge is 0.273 e. The third kappa shape index (κ3) is 7.93. The molecule has 8 nitrogen and oxygen atoms in total. The van der Waals surface area contributed by atoms with Gasteiger partial charge in [0.2, 0.25) is 11.8 Å². The number of carbonyl (C=O) groups excluding carboxylic acids is 2. The van der Waals surface area contributed by atoms with Crippen LogP contribution in [0.15, 0.2) is 85.2 Å². The van der Waals surface area contributed by atoms with E-state index >= 15 is 0 Å². The molecular weight excluding hydrogens is 584 g/mol. The molecule has 238 valence electrons. The molecule has 1 atom stereocenters. The minimum atomic E-state index is -0.192. The van der Waals surface area contributed by atoms with E-state index in [2.05, 4.69) is 39.7 Å². The Kier molecular flexibility index (Phi) is 9.86. The van der Waals surface area contributed by atoms with Crippen molar-refractivity contribution < 1.29 is 9.59 Å². The lowest BCUT2D eigenvalue weighted by Crippen LogP contribution is -2.44. The lowest BCUT2D eigenvalue weighted by atomic mass is 10.0. The van der Waals surface area contributed by atoms with Crippen molar-refractivity contribution in [3.8, 4) is 23.7 Å². The van der Waals surface area contributed by atoms with Gasteiger partial charge in [-0.05, 0) is 87.4 Å². The Morgan fingerprint density at radius 1 is 0.702 bits per heavy atom. The molecule has 0 N–H and O–H groups in total. The number of hydrazine groups is 2. The number of rotatable bonds is 2. The van der Waals surface area contributed by atoms with Crippen LogP contribution < -0.4 is 10.0 Å². The van der Waals surface area contributed by atoms with E-state index in [1.807, 2.05) is 125 Å². The molecule has 4 aromatic rings. The smallest absolute Gasteiger partial charge is 0.247 e. The van der Waals surface area contributed by atoms with Gasteiger partial charge < -0.3 is 0 Å². The number of benzene rings is 2. The first-order valence-corrected chi connectivity index (χ1v) is 15.6. The summed E-state index contributed by atoms with van der Waals surface area (Å²) >= 11 is 0. The van der Waals surface area contributed by atoms with Crippen LogP contribution in [0, 0.1) is 43.4 Å².